The molecule has 0 saturated heterocycles. The third-order valence-electron chi connectivity index (χ3n) is 5.84. The number of carbonyl (C=O) groups excluding carboxylic acids is 1. The van der Waals surface area contributed by atoms with Gasteiger partial charge in [0, 0.05) is 13.2 Å². The summed E-state index contributed by atoms with van der Waals surface area (Å²) in [5.41, 5.74) is 3.11. The van der Waals surface area contributed by atoms with Crippen LogP contribution in [0.1, 0.15) is 50.3 Å². The first-order valence-electron chi connectivity index (χ1n) is 11.6. The van der Waals surface area contributed by atoms with Crippen molar-refractivity contribution in [1.82, 2.24) is 14.9 Å². The summed E-state index contributed by atoms with van der Waals surface area (Å²) in [6.07, 6.45) is 3.93. The van der Waals surface area contributed by atoms with E-state index in [9.17, 15) is 9.59 Å². The fraction of sp³-hybridized carbons (Fsp3) is 0.423. The van der Waals surface area contributed by atoms with Gasteiger partial charge < -0.3 is 10.1 Å². The van der Waals surface area contributed by atoms with E-state index >= 15 is 0 Å². The molecule has 7 heteroatoms. The van der Waals surface area contributed by atoms with Crippen molar-refractivity contribution in [1.29, 1.82) is 0 Å². The summed E-state index contributed by atoms with van der Waals surface area (Å²) in [7, 11) is 0. The van der Waals surface area contributed by atoms with Gasteiger partial charge in [-0.2, -0.15) is 0 Å². The molecule has 0 aliphatic heterocycles. The number of amides is 1. The Labute approximate surface area is 198 Å². The lowest BCUT2D eigenvalue weighted by Gasteiger charge is -2.26. The zero-order valence-corrected chi connectivity index (χ0v) is 20.1. The van der Waals surface area contributed by atoms with E-state index in [1.54, 1.807) is 10.6 Å². The highest BCUT2D eigenvalue weighted by molar-refractivity contribution is 7.99. The Morgan fingerprint density at radius 3 is 2.85 bits per heavy atom. The topological polar surface area (TPSA) is 73.2 Å². The minimum atomic E-state index is -0.0748. The number of nitrogens with one attached hydrogen (secondary N) is 1. The van der Waals surface area contributed by atoms with Crippen LogP contribution in [0, 0.1) is 0 Å². The van der Waals surface area contributed by atoms with Crippen molar-refractivity contribution in [2.24, 2.45) is 0 Å². The van der Waals surface area contributed by atoms with Gasteiger partial charge in [0.2, 0.25) is 5.91 Å². The largest absolute Gasteiger partial charge is 0.379 e. The highest BCUT2D eigenvalue weighted by Crippen LogP contribution is 2.29. The van der Waals surface area contributed by atoms with Crippen molar-refractivity contribution in [3.8, 4) is 0 Å². The Hall–Kier alpha value is -2.64. The van der Waals surface area contributed by atoms with Crippen LogP contribution >= 0.6 is 11.8 Å². The quantitative estimate of drug-likeness (QED) is 0.286. The van der Waals surface area contributed by atoms with Crippen LogP contribution in [0.15, 0.2) is 58.5 Å². The van der Waals surface area contributed by atoms with Crippen LogP contribution in [0.3, 0.4) is 0 Å². The van der Waals surface area contributed by atoms with Crippen LogP contribution in [0.4, 0.5) is 0 Å². The van der Waals surface area contributed by atoms with E-state index in [2.05, 4.69) is 23.5 Å². The number of benzene rings is 2. The molecule has 1 heterocycles. The van der Waals surface area contributed by atoms with Crippen molar-refractivity contribution in [3.05, 3.63) is 70.0 Å². The first kappa shape index (κ1) is 23.5. The van der Waals surface area contributed by atoms with Gasteiger partial charge in [-0.15, -0.1) is 0 Å². The van der Waals surface area contributed by atoms with Crippen molar-refractivity contribution in [2.75, 3.05) is 12.4 Å². The van der Waals surface area contributed by atoms with E-state index < -0.39 is 0 Å². The van der Waals surface area contributed by atoms with Crippen molar-refractivity contribution < 1.29 is 9.53 Å². The number of fused-ring (bicyclic) bond motifs is 2. The van der Waals surface area contributed by atoms with Crippen LogP contribution in [0.5, 0.6) is 0 Å². The molecule has 0 fully saturated rings. The Balaban J connectivity index is 1.47. The van der Waals surface area contributed by atoms with Gasteiger partial charge in [-0.05, 0) is 62.8 Å². The number of rotatable bonds is 9. The molecule has 33 heavy (non-hydrogen) atoms. The van der Waals surface area contributed by atoms with Gasteiger partial charge in [-0.25, -0.2) is 4.98 Å². The monoisotopic (exact) mass is 465 g/mol. The van der Waals surface area contributed by atoms with Crippen molar-refractivity contribution in [2.45, 2.75) is 63.4 Å². The van der Waals surface area contributed by atoms with Crippen LogP contribution in [-0.2, 0) is 22.5 Å². The van der Waals surface area contributed by atoms with Gasteiger partial charge in [-0.3, -0.25) is 14.2 Å². The third-order valence-corrected chi connectivity index (χ3v) is 6.82. The highest BCUT2D eigenvalue weighted by atomic mass is 32.2. The molecule has 1 N–H and O–H groups in total. The average molecular weight is 466 g/mol. The molecular weight excluding hydrogens is 434 g/mol. The molecule has 0 spiro atoms. The maximum atomic E-state index is 13.1. The lowest BCUT2D eigenvalue weighted by molar-refractivity contribution is -0.119. The second-order valence-corrected chi connectivity index (χ2v) is 9.58. The summed E-state index contributed by atoms with van der Waals surface area (Å²) < 4.78 is 7.32. The molecule has 1 aliphatic rings. The van der Waals surface area contributed by atoms with Gasteiger partial charge in [-0.1, -0.05) is 48.2 Å². The number of hydrogen-bond acceptors (Lipinski definition) is 5. The summed E-state index contributed by atoms with van der Waals surface area (Å²) in [6.45, 7) is 5.06. The number of ether oxygens (including phenoxy) is 1. The molecule has 2 aromatic carbocycles. The van der Waals surface area contributed by atoms with E-state index in [4.69, 9.17) is 9.72 Å². The summed E-state index contributed by atoms with van der Waals surface area (Å²) in [5, 5.41) is 4.35. The lowest BCUT2D eigenvalue weighted by atomic mass is 9.88. The molecule has 0 saturated carbocycles. The fourth-order valence-corrected chi connectivity index (χ4v) is 5.10. The van der Waals surface area contributed by atoms with E-state index in [0.717, 1.165) is 19.3 Å². The lowest BCUT2D eigenvalue weighted by Crippen LogP contribution is -2.32. The molecular formula is C26H31N3O3S. The maximum Gasteiger partial charge on any atom is 0.262 e. The minimum absolute atomic E-state index is 0.0428. The van der Waals surface area contributed by atoms with Crippen molar-refractivity contribution >= 4 is 28.6 Å². The third kappa shape index (κ3) is 5.84. The Kier molecular flexibility index (Phi) is 7.83. The Morgan fingerprint density at radius 2 is 2.00 bits per heavy atom. The molecule has 1 unspecified atom stereocenters. The van der Waals surface area contributed by atoms with Gasteiger partial charge in [0.05, 0.1) is 28.8 Å². The summed E-state index contributed by atoms with van der Waals surface area (Å²) in [6, 6.07) is 15.7. The van der Waals surface area contributed by atoms with Gasteiger partial charge in [0.15, 0.2) is 5.16 Å². The molecule has 0 radical (unpaired) electrons. The van der Waals surface area contributed by atoms with Crippen LogP contribution in [0.2, 0.25) is 0 Å². The zero-order valence-electron chi connectivity index (χ0n) is 19.3. The Morgan fingerprint density at radius 1 is 1.21 bits per heavy atom. The molecule has 4 rings (SSSR count). The maximum absolute atomic E-state index is 13.1. The van der Waals surface area contributed by atoms with E-state index in [-0.39, 0.29) is 29.4 Å². The normalized spacial score (nSPS) is 15.5. The first-order chi connectivity index (χ1) is 16.0. The van der Waals surface area contributed by atoms with Crippen LogP contribution in [0.25, 0.3) is 10.9 Å². The summed E-state index contributed by atoms with van der Waals surface area (Å²) in [5.74, 6) is 0.171. The standard InChI is InChI=1S/C26H31N3O3S/c1-18(2)32-16-8-15-29-25(31)21-12-5-6-13-23(21)28-26(29)33-17-24(30)27-22-14-7-10-19-9-3-4-11-20(19)22/h3-6,9,11-13,18,22H,7-8,10,14-17H2,1-2H3,(H,27,30). The molecule has 6 nitrogen and oxygen atoms in total. The Bertz CT molecular complexity index is 1170. The molecule has 1 amide bonds. The number of hydrogen-bond donors (Lipinski definition) is 1. The second-order valence-electron chi connectivity index (χ2n) is 8.64. The van der Waals surface area contributed by atoms with Gasteiger partial charge >= 0.3 is 0 Å². The zero-order chi connectivity index (χ0) is 23.2. The number of aromatic nitrogens is 2. The highest BCUT2D eigenvalue weighted by Gasteiger charge is 2.22. The van der Waals surface area contributed by atoms with E-state index in [1.807, 2.05) is 38.1 Å². The summed E-state index contributed by atoms with van der Waals surface area (Å²) >= 11 is 1.32. The predicted molar refractivity (Wildman–Crippen MR) is 133 cm³/mol. The molecule has 1 aromatic heterocycles. The number of aryl methyl sites for hydroxylation is 1. The smallest absolute Gasteiger partial charge is 0.262 e. The van der Waals surface area contributed by atoms with Gasteiger partial charge in [0.25, 0.3) is 5.56 Å². The number of nitrogens with zero attached hydrogens (tertiary/aromatic N) is 2. The number of carbonyl (C=O) groups is 1. The van der Waals surface area contributed by atoms with Gasteiger partial charge in [0.1, 0.15) is 0 Å². The number of para-hydroxylation sites is 1. The van der Waals surface area contributed by atoms with Crippen LogP contribution < -0.4 is 10.9 Å². The molecule has 1 atom stereocenters. The fourth-order valence-electron chi connectivity index (χ4n) is 4.27. The average Bonchev–Trinajstić information content (AvgIpc) is 2.82. The predicted octanol–water partition coefficient (Wildman–Crippen LogP) is 4.50. The molecule has 3 aromatic rings. The first-order valence-corrected chi connectivity index (χ1v) is 12.6. The second kappa shape index (κ2) is 11.0. The SMILES string of the molecule is CC(C)OCCCn1c(SCC(=O)NC2CCCc3ccccc32)nc2ccccc2c1=O. The van der Waals surface area contributed by atoms with E-state index in [1.165, 1.54) is 22.9 Å². The molecule has 0 bridgehead atoms. The van der Waals surface area contributed by atoms with E-state index in [0.29, 0.717) is 35.6 Å². The molecule has 174 valence electrons. The summed E-state index contributed by atoms with van der Waals surface area (Å²) in [4.78, 5) is 30.7. The van der Waals surface area contributed by atoms with Crippen molar-refractivity contribution in [3.63, 3.8) is 0 Å². The molecule has 1 aliphatic carbocycles. The van der Waals surface area contributed by atoms with Crippen LogP contribution in [-0.4, -0.2) is 33.9 Å². The number of thioether (sulfide) groups is 1. The minimum Gasteiger partial charge on any atom is -0.379 e.